The van der Waals surface area contributed by atoms with Crippen LogP contribution < -0.4 is 4.74 Å². The van der Waals surface area contributed by atoms with Crippen LogP contribution in [0.4, 0.5) is 30.7 Å². The van der Waals surface area contributed by atoms with Crippen LogP contribution in [0.3, 0.4) is 0 Å². The number of rotatable bonds is 2. The van der Waals surface area contributed by atoms with Crippen molar-refractivity contribution in [2.24, 2.45) is 0 Å². The summed E-state index contributed by atoms with van der Waals surface area (Å²) in [5.41, 5.74) is -3.00. The molecule has 0 bridgehead atoms. The molecule has 0 aromatic carbocycles. The molecule has 0 saturated carbocycles. The van der Waals surface area contributed by atoms with Crippen LogP contribution in [0.25, 0.3) is 0 Å². The average molecular weight is 279 g/mol. The lowest BCUT2D eigenvalue weighted by Crippen LogP contribution is -2.22. The average Bonchev–Trinajstić information content (AvgIpc) is 2.16. The van der Waals surface area contributed by atoms with Gasteiger partial charge in [0.15, 0.2) is 0 Å². The number of aliphatic hydroxyl groups excluding tert-OH is 1. The monoisotopic (exact) mass is 279 g/mol. The second-order valence-corrected chi connectivity index (χ2v) is 2.97. The number of hydrogen-bond donors (Lipinski definition) is 1. The lowest BCUT2D eigenvalue weighted by molar-refractivity contribution is -0.278. The van der Waals surface area contributed by atoms with Gasteiger partial charge < -0.3 is 9.84 Å². The first-order chi connectivity index (χ1) is 8.04. The molecule has 0 aliphatic rings. The first-order valence-corrected chi connectivity index (χ1v) is 4.18. The second-order valence-electron chi connectivity index (χ2n) is 2.97. The zero-order valence-corrected chi connectivity index (χ0v) is 8.23. The van der Waals surface area contributed by atoms with Crippen LogP contribution in [0.5, 0.6) is 5.88 Å². The van der Waals surface area contributed by atoms with Gasteiger partial charge in [-0.05, 0) is 6.07 Å². The highest BCUT2D eigenvalue weighted by atomic mass is 19.4. The van der Waals surface area contributed by atoms with Crippen LogP contribution in [-0.4, -0.2) is 16.5 Å². The van der Waals surface area contributed by atoms with Gasteiger partial charge in [-0.1, -0.05) is 0 Å². The Morgan fingerprint density at radius 2 is 1.72 bits per heavy atom. The normalized spacial score (nSPS) is 12.7. The number of pyridine rings is 1. The summed E-state index contributed by atoms with van der Waals surface area (Å²) >= 11 is 0. The van der Waals surface area contributed by atoms with E-state index in [4.69, 9.17) is 5.11 Å². The van der Waals surface area contributed by atoms with Crippen molar-refractivity contribution in [3.05, 3.63) is 23.1 Å². The van der Waals surface area contributed by atoms with Crippen molar-refractivity contribution < 1.29 is 40.6 Å². The Morgan fingerprint density at radius 1 is 1.17 bits per heavy atom. The molecule has 0 aliphatic carbocycles. The van der Waals surface area contributed by atoms with Gasteiger partial charge in [-0.2, -0.15) is 13.2 Å². The molecule has 10 heteroatoms. The molecule has 1 N–H and O–H groups in total. The number of alkyl halides is 6. The molecule has 18 heavy (non-hydrogen) atoms. The smallest absolute Gasteiger partial charge is 0.390 e. The van der Waals surface area contributed by atoms with Crippen LogP contribution in [0, 0.1) is 5.82 Å². The molecule has 1 aromatic heterocycles. The summed E-state index contributed by atoms with van der Waals surface area (Å²) in [5, 5.41) is 8.51. The van der Waals surface area contributed by atoms with Gasteiger partial charge in [-0.3, -0.25) is 0 Å². The summed E-state index contributed by atoms with van der Waals surface area (Å²) in [7, 11) is 0. The Hall–Kier alpha value is -1.58. The zero-order valence-electron chi connectivity index (χ0n) is 8.23. The number of aromatic nitrogens is 1. The summed E-state index contributed by atoms with van der Waals surface area (Å²) in [6.45, 7) is -1.17. The lowest BCUT2D eigenvalue weighted by Gasteiger charge is -2.15. The molecule has 0 radical (unpaired) electrons. The zero-order chi connectivity index (χ0) is 14.1. The number of halogens is 7. The van der Waals surface area contributed by atoms with Gasteiger partial charge in [0.2, 0.25) is 5.88 Å². The predicted octanol–water partition coefficient (Wildman–Crippen LogP) is 2.63. The number of aliphatic hydroxyl groups is 1. The fourth-order valence-electron chi connectivity index (χ4n) is 1.01. The van der Waals surface area contributed by atoms with E-state index in [-0.39, 0.29) is 6.07 Å². The summed E-state index contributed by atoms with van der Waals surface area (Å²) in [6.07, 6.45) is -10.7. The van der Waals surface area contributed by atoms with Crippen molar-refractivity contribution in [3.63, 3.8) is 0 Å². The van der Waals surface area contributed by atoms with Crippen molar-refractivity contribution in [1.29, 1.82) is 0 Å². The Bertz CT molecular complexity index is 440. The van der Waals surface area contributed by atoms with E-state index in [9.17, 15) is 30.7 Å². The van der Waals surface area contributed by atoms with E-state index in [2.05, 4.69) is 9.72 Å². The third kappa shape index (κ3) is 3.45. The maximum atomic E-state index is 12.9. The molecule has 1 rings (SSSR count). The minimum absolute atomic E-state index is 0.223. The summed E-state index contributed by atoms with van der Waals surface area (Å²) in [5.74, 6) is -3.44. The predicted molar refractivity (Wildman–Crippen MR) is 41.8 cm³/mol. The van der Waals surface area contributed by atoms with Crippen LogP contribution >= 0.6 is 0 Å². The molecule has 102 valence electrons. The quantitative estimate of drug-likeness (QED) is 0.846. The van der Waals surface area contributed by atoms with Crippen molar-refractivity contribution in [2.45, 2.75) is 19.1 Å². The summed E-state index contributed by atoms with van der Waals surface area (Å²) < 4.78 is 88.5. The highest BCUT2D eigenvalue weighted by Gasteiger charge is 2.41. The highest BCUT2D eigenvalue weighted by molar-refractivity contribution is 5.32. The first kappa shape index (κ1) is 14.5. The minimum atomic E-state index is -5.42. The summed E-state index contributed by atoms with van der Waals surface area (Å²) in [6, 6.07) is -0.223. The molecule has 0 amide bonds. The molecule has 3 nitrogen and oxygen atoms in total. The van der Waals surface area contributed by atoms with Gasteiger partial charge >= 0.3 is 12.5 Å². The maximum absolute atomic E-state index is 12.9. The van der Waals surface area contributed by atoms with Crippen LogP contribution in [0.1, 0.15) is 11.3 Å². The molecule has 0 atom stereocenters. The first-order valence-electron chi connectivity index (χ1n) is 4.18. The topological polar surface area (TPSA) is 42.4 Å². The van der Waals surface area contributed by atoms with Gasteiger partial charge in [0.1, 0.15) is 17.1 Å². The Kier molecular flexibility index (Phi) is 3.70. The summed E-state index contributed by atoms with van der Waals surface area (Å²) in [4.78, 5) is 2.66. The van der Waals surface area contributed by atoms with Crippen molar-refractivity contribution >= 4 is 0 Å². The van der Waals surface area contributed by atoms with Crippen molar-refractivity contribution in [2.75, 3.05) is 0 Å². The van der Waals surface area contributed by atoms with Gasteiger partial charge in [0.05, 0.1) is 6.61 Å². The van der Waals surface area contributed by atoms with E-state index >= 15 is 0 Å². The van der Waals surface area contributed by atoms with Gasteiger partial charge in [0.25, 0.3) is 0 Å². The third-order valence-corrected chi connectivity index (χ3v) is 1.68. The largest absolute Gasteiger partial charge is 0.574 e. The molecule has 0 fully saturated rings. The van der Waals surface area contributed by atoms with Crippen molar-refractivity contribution in [1.82, 2.24) is 4.98 Å². The fourth-order valence-corrected chi connectivity index (χ4v) is 1.01. The van der Waals surface area contributed by atoms with Crippen LogP contribution in [0.15, 0.2) is 6.07 Å². The van der Waals surface area contributed by atoms with Crippen molar-refractivity contribution in [3.8, 4) is 5.88 Å². The lowest BCUT2D eigenvalue weighted by atomic mass is 10.2. The number of ether oxygens (including phenoxy) is 1. The van der Waals surface area contributed by atoms with E-state index in [0.717, 1.165) is 0 Å². The van der Waals surface area contributed by atoms with E-state index < -0.39 is 42.1 Å². The molecular weight excluding hydrogens is 275 g/mol. The number of nitrogens with zero attached hydrogens (tertiary/aromatic N) is 1. The standard InChI is InChI=1S/C8H4F7NO2/c9-4-1-3(7(10,11)12)6(16-5(4)2-17)18-8(13,14)15/h1,17H,2H2. The second kappa shape index (κ2) is 4.59. The van der Waals surface area contributed by atoms with Gasteiger partial charge in [-0.15, -0.1) is 13.2 Å². The van der Waals surface area contributed by atoms with Crippen LogP contribution in [-0.2, 0) is 12.8 Å². The Labute approximate surface area is 94.8 Å². The van der Waals surface area contributed by atoms with Gasteiger partial charge in [0, 0.05) is 0 Å². The van der Waals surface area contributed by atoms with Gasteiger partial charge in [-0.25, -0.2) is 9.37 Å². The molecular formula is C8H4F7NO2. The molecule has 1 aromatic rings. The minimum Gasteiger partial charge on any atom is -0.390 e. The van der Waals surface area contributed by atoms with E-state index in [0.29, 0.717) is 0 Å². The SMILES string of the molecule is OCc1nc(OC(F)(F)F)c(C(F)(F)F)cc1F. The van der Waals surface area contributed by atoms with E-state index in [1.165, 1.54) is 0 Å². The Balaban J connectivity index is 3.35. The molecule has 1 heterocycles. The highest BCUT2D eigenvalue weighted by Crippen LogP contribution is 2.38. The van der Waals surface area contributed by atoms with E-state index in [1.54, 1.807) is 0 Å². The molecule has 0 unspecified atom stereocenters. The third-order valence-electron chi connectivity index (χ3n) is 1.68. The molecule has 0 spiro atoms. The van der Waals surface area contributed by atoms with Crippen LogP contribution in [0.2, 0.25) is 0 Å². The Morgan fingerprint density at radius 3 is 2.11 bits per heavy atom. The molecule has 0 aliphatic heterocycles. The molecule has 0 saturated heterocycles. The number of hydrogen-bond acceptors (Lipinski definition) is 3. The van der Waals surface area contributed by atoms with E-state index in [1.807, 2.05) is 0 Å². The fraction of sp³-hybridized carbons (Fsp3) is 0.375. The maximum Gasteiger partial charge on any atom is 0.574 e.